The van der Waals surface area contributed by atoms with Gasteiger partial charge in [0.15, 0.2) is 0 Å². The molecule has 0 aromatic carbocycles. The van der Waals surface area contributed by atoms with Gasteiger partial charge in [0.1, 0.15) is 29.8 Å². The van der Waals surface area contributed by atoms with Gasteiger partial charge in [0.25, 0.3) is 5.91 Å². The first-order valence-corrected chi connectivity index (χ1v) is 9.49. The summed E-state index contributed by atoms with van der Waals surface area (Å²) >= 11 is 1.26. The number of aliphatic carboxylic acids is 2. The maximum absolute atomic E-state index is 12.4. The highest BCUT2D eigenvalue weighted by Crippen LogP contribution is 2.40. The number of carbonyl (C=O) groups is 5. The van der Waals surface area contributed by atoms with Crippen LogP contribution in [0.5, 0.6) is 0 Å². The Morgan fingerprint density at radius 1 is 1.36 bits per heavy atom. The molecule has 0 saturated carbocycles. The molecule has 0 aliphatic carbocycles. The van der Waals surface area contributed by atoms with Gasteiger partial charge in [0, 0.05) is 24.7 Å². The van der Waals surface area contributed by atoms with Crippen molar-refractivity contribution in [3.8, 4) is 0 Å². The molecule has 12 heteroatoms. The van der Waals surface area contributed by atoms with E-state index in [9.17, 15) is 29.1 Å². The number of fused-ring (bicyclic) bond motifs is 1. The van der Waals surface area contributed by atoms with Crippen molar-refractivity contribution >= 4 is 41.5 Å². The molecule has 28 heavy (non-hydrogen) atoms. The summed E-state index contributed by atoms with van der Waals surface area (Å²) in [6.45, 7) is 0.977. The number of hydrogen-bond acceptors (Lipinski definition) is 8. The summed E-state index contributed by atoms with van der Waals surface area (Å²) in [6.07, 6.45) is 0.368. The van der Waals surface area contributed by atoms with Crippen LogP contribution in [0.15, 0.2) is 11.3 Å². The van der Waals surface area contributed by atoms with Crippen molar-refractivity contribution in [1.29, 1.82) is 0 Å². The SMILES string of the molecule is CC(=O)OCC1=C(C(=O)O)N2C(=O)[C@@H](NC(=O)CCC[C@@H](N)C(=O)O)[C@H]2SC1. The summed E-state index contributed by atoms with van der Waals surface area (Å²) in [6, 6.07) is -1.92. The van der Waals surface area contributed by atoms with E-state index in [1.54, 1.807) is 0 Å². The minimum Gasteiger partial charge on any atom is -0.480 e. The topological polar surface area (TPSA) is 176 Å². The van der Waals surface area contributed by atoms with Crippen molar-refractivity contribution in [3.63, 3.8) is 0 Å². The second kappa shape index (κ2) is 9.06. The number of rotatable bonds is 9. The minimum atomic E-state index is -1.31. The molecule has 2 amide bonds. The van der Waals surface area contributed by atoms with E-state index in [4.69, 9.17) is 15.6 Å². The molecule has 0 unspecified atom stereocenters. The molecule has 0 bridgehead atoms. The van der Waals surface area contributed by atoms with Crippen LogP contribution in [-0.4, -0.2) is 74.7 Å². The normalized spacial score (nSPS) is 22.1. The van der Waals surface area contributed by atoms with E-state index < -0.39 is 47.2 Å². The third-order valence-corrected chi connectivity index (χ3v) is 5.59. The zero-order chi connectivity index (χ0) is 21.0. The lowest BCUT2D eigenvalue weighted by Gasteiger charge is -2.49. The number of carbonyl (C=O) groups excluding carboxylic acids is 3. The van der Waals surface area contributed by atoms with E-state index >= 15 is 0 Å². The number of ether oxygens (including phenoxy) is 1. The molecule has 3 atom stereocenters. The van der Waals surface area contributed by atoms with E-state index in [-0.39, 0.29) is 37.3 Å². The zero-order valence-electron chi connectivity index (χ0n) is 15.0. The van der Waals surface area contributed by atoms with Gasteiger partial charge < -0.3 is 26.0 Å². The number of esters is 1. The Hall–Kier alpha value is -2.60. The molecular weight excluding hydrogens is 394 g/mol. The third-order valence-electron chi connectivity index (χ3n) is 4.25. The summed E-state index contributed by atoms with van der Waals surface area (Å²) in [5, 5.41) is 20.1. The molecule has 11 nitrogen and oxygen atoms in total. The fourth-order valence-electron chi connectivity index (χ4n) is 2.83. The number of thioether (sulfide) groups is 1. The molecule has 154 valence electrons. The minimum absolute atomic E-state index is 0.00146. The number of nitrogens with one attached hydrogen (secondary N) is 1. The second-order valence-corrected chi connectivity index (χ2v) is 7.43. The Bertz CT molecular complexity index is 737. The van der Waals surface area contributed by atoms with E-state index in [2.05, 4.69) is 5.32 Å². The number of β-lactam (4-membered cyclic amide) rings is 1. The van der Waals surface area contributed by atoms with Gasteiger partial charge in [0.2, 0.25) is 5.91 Å². The Kier molecular flexibility index (Phi) is 7.02. The molecule has 5 N–H and O–H groups in total. The highest BCUT2D eigenvalue weighted by Gasteiger charge is 2.54. The molecule has 2 aliphatic rings. The van der Waals surface area contributed by atoms with Crippen molar-refractivity contribution in [2.75, 3.05) is 12.4 Å². The first kappa shape index (κ1) is 21.7. The van der Waals surface area contributed by atoms with Gasteiger partial charge in [-0.1, -0.05) is 0 Å². The lowest BCUT2D eigenvalue weighted by atomic mass is 10.0. The molecule has 2 rings (SSSR count). The molecule has 0 aromatic rings. The predicted molar refractivity (Wildman–Crippen MR) is 95.8 cm³/mol. The van der Waals surface area contributed by atoms with Gasteiger partial charge in [-0.15, -0.1) is 11.8 Å². The van der Waals surface area contributed by atoms with Crippen LogP contribution in [0.2, 0.25) is 0 Å². The van der Waals surface area contributed by atoms with Crippen LogP contribution in [-0.2, 0) is 28.7 Å². The smallest absolute Gasteiger partial charge is 0.352 e. The first-order valence-electron chi connectivity index (χ1n) is 8.44. The summed E-state index contributed by atoms with van der Waals surface area (Å²) < 4.78 is 4.84. The lowest BCUT2D eigenvalue weighted by molar-refractivity contribution is -0.151. The standard InChI is InChI=1S/C16H21N3O8S/c1-7(20)27-5-8-6-28-14-11(13(22)19(14)12(8)16(25)26)18-10(21)4-2-3-9(17)15(23)24/h9,11,14H,2-6,17H2,1H3,(H,18,21)(H,23,24)(H,25,26)/t9-,11-,14-/m1/s1. The van der Waals surface area contributed by atoms with Gasteiger partial charge in [-0.3, -0.25) is 24.1 Å². The quantitative estimate of drug-likeness (QED) is 0.266. The lowest BCUT2D eigenvalue weighted by Crippen LogP contribution is -2.70. The van der Waals surface area contributed by atoms with Gasteiger partial charge in [-0.2, -0.15) is 0 Å². The number of nitrogens with two attached hydrogens (primary N) is 1. The number of hydrogen-bond donors (Lipinski definition) is 4. The summed E-state index contributed by atoms with van der Waals surface area (Å²) in [4.78, 5) is 58.7. The highest BCUT2D eigenvalue weighted by molar-refractivity contribution is 8.00. The average Bonchev–Trinajstić information content (AvgIpc) is 2.62. The molecule has 2 aliphatic heterocycles. The van der Waals surface area contributed by atoms with Gasteiger partial charge in [-0.05, 0) is 12.8 Å². The molecule has 0 spiro atoms. The van der Waals surface area contributed by atoms with E-state index in [1.807, 2.05) is 0 Å². The van der Waals surface area contributed by atoms with E-state index in [0.717, 1.165) is 4.90 Å². The maximum Gasteiger partial charge on any atom is 0.352 e. The summed E-state index contributed by atoms with van der Waals surface area (Å²) in [7, 11) is 0. The van der Waals surface area contributed by atoms with Gasteiger partial charge in [-0.25, -0.2) is 4.79 Å². The Morgan fingerprint density at radius 3 is 2.61 bits per heavy atom. The monoisotopic (exact) mass is 415 g/mol. The Labute approximate surface area is 164 Å². The van der Waals surface area contributed by atoms with Crippen molar-refractivity contribution in [2.24, 2.45) is 5.73 Å². The average molecular weight is 415 g/mol. The number of carboxylic acid groups (broad SMARTS) is 2. The maximum atomic E-state index is 12.4. The van der Waals surface area contributed by atoms with Crippen LogP contribution in [0.25, 0.3) is 0 Å². The van der Waals surface area contributed by atoms with Crippen LogP contribution < -0.4 is 11.1 Å². The molecule has 0 aromatic heterocycles. The van der Waals surface area contributed by atoms with Gasteiger partial charge in [0.05, 0.1) is 0 Å². The fraction of sp³-hybridized carbons (Fsp3) is 0.562. The highest BCUT2D eigenvalue weighted by atomic mass is 32.2. The van der Waals surface area contributed by atoms with Crippen LogP contribution in [0.1, 0.15) is 26.2 Å². The number of amides is 2. The Balaban J connectivity index is 1.96. The van der Waals surface area contributed by atoms with Crippen molar-refractivity contribution < 1.29 is 38.9 Å². The van der Waals surface area contributed by atoms with Crippen molar-refractivity contribution in [2.45, 2.75) is 43.6 Å². The third kappa shape index (κ3) is 4.81. The largest absolute Gasteiger partial charge is 0.480 e. The fourth-order valence-corrected chi connectivity index (χ4v) is 4.16. The summed E-state index contributed by atoms with van der Waals surface area (Å²) in [5.74, 6) is -3.79. The molecule has 1 saturated heterocycles. The van der Waals surface area contributed by atoms with Crippen molar-refractivity contribution in [3.05, 3.63) is 11.3 Å². The van der Waals surface area contributed by atoms with E-state index in [0.29, 0.717) is 5.57 Å². The number of carboxylic acids is 2. The zero-order valence-corrected chi connectivity index (χ0v) is 15.9. The summed E-state index contributed by atoms with van der Waals surface area (Å²) in [5.41, 5.74) is 5.44. The Morgan fingerprint density at radius 2 is 2.04 bits per heavy atom. The number of nitrogens with zero attached hydrogens (tertiary/aromatic N) is 1. The van der Waals surface area contributed by atoms with Gasteiger partial charge >= 0.3 is 17.9 Å². The predicted octanol–water partition coefficient (Wildman–Crippen LogP) is -1.13. The second-order valence-electron chi connectivity index (χ2n) is 6.33. The molecule has 1 fully saturated rings. The molecule has 0 radical (unpaired) electrons. The van der Waals surface area contributed by atoms with Crippen molar-refractivity contribution in [1.82, 2.24) is 10.2 Å². The van der Waals surface area contributed by atoms with Crippen LogP contribution in [0.3, 0.4) is 0 Å². The van der Waals surface area contributed by atoms with Crippen LogP contribution >= 0.6 is 11.8 Å². The molecular formula is C16H21N3O8S. The molecule has 2 heterocycles. The van der Waals surface area contributed by atoms with E-state index in [1.165, 1.54) is 18.7 Å². The first-order chi connectivity index (χ1) is 13.1. The van der Waals surface area contributed by atoms with Crippen LogP contribution in [0, 0.1) is 0 Å². The van der Waals surface area contributed by atoms with Crippen LogP contribution in [0.4, 0.5) is 0 Å².